The van der Waals surface area contributed by atoms with Gasteiger partial charge in [0, 0.05) is 21.5 Å². The van der Waals surface area contributed by atoms with Gasteiger partial charge in [-0.25, -0.2) is 0 Å². The minimum atomic E-state index is 1.27. The lowest BCUT2D eigenvalue weighted by molar-refractivity contribution is 1.38. The predicted octanol–water partition coefficient (Wildman–Crippen LogP) is 9.12. The third kappa shape index (κ3) is 2.34. The molecule has 2 aromatic heterocycles. The predicted molar refractivity (Wildman–Crippen MR) is 146 cm³/mol. The van der Waals surface area contributed by atoms with Crippen LogP contribution in [0, 0.1) is 6.92 Å². The van der Waals surface area contributed by atoms with Crippen LogP contribution in [0.4, 0.5) is 0 Å². The van der Waals surface area contributed by atoms with Crippen molar-refractivity contribution in [2.75, 3.05) is 0 Å². The molecule has 0 saturated heterocycles. The Labute approximate surface area is 196 Å². The third-order valence-corrected chi connectivity index (χ3v) is 7.48. The van der Waals surface area contributed by atoms with Gasteiger partial charge in [0.25, 0.3) is 0 Å². The Kier molecular flexibility index (Phi) is 3.39. The second-order valence-corrected chi connectivity index (χ2v) is 9.56. The number of hydrogen-bond acceptors (Lipinski definition) is 0. The third-order valence-electron chi connectivity index (χ3n) is 7.48. The van der Waals surface area contributed by atoms with Crippen LogP contribution in [-0.2, 0) is 0 Å². The fourth-order valence-corrected chi connectivity index (χ4v) is 5.91. The second-order valence-electron chi connectivity index (χ2n) is 9.56. The van der Waals surface area contributed by atoms with E-state index in [4.69, 9.17) is 0 Å². The van der Waals surface area contributed by atoms with Crippen molar-refractivity contribution in [1.82, 2.24) is 4.40 Å². The van der Waals surface area contributed by atoms with Gasteiger partial charge < -0.3 is 4.40 Å². The highest BCUT2D eigenvalue weighted by Crippen LogP contribution is 2.43. The molecular weight excluding hydrogens is 410 g/mol. The summed E-state index contributed by atoms with van der Waals surface area (Å²) >= 11 is 0. The molecule has 0 amide bonds. The second kappa shape index (κ2) is 6.36. The zero-order valence-electron chi connectivity index (χ0n) is 18.8. The minimum absolute atomic E-state index is 1.27. The molecule has 0 unspecified atom stereocenters. The maximum atomic E-state index is 2.49. The molecule has 0 spiro atoms. The van der Waals surface area contributed by atoms with Crippen molar-refractivity contribution in [2.24, 2.45) is 0 Å². The average molecular weight is 432 g/mol. The van der Waals surface area contributed by atoms with Crippen LogP contribution in [0.15, 0.2) is 109 Å². The van der Waals surface area contributed by atoms with Crippen molar-refractivity contribution < 1.29 is 0 Å². The topological polar surface area (TPSA) is 4.41 Å². The van der Waals surface area contributed by atoms with E-state index >= 15 is 0 Å². The normalized spacial score (nSPS) is 12.3. The molecule has 0 aliphatic carbocycles. The summed E-state index contributed by atoms with van der Waals surface area (Å²) in [5, 5.41) is 10.4. The maximum Gasteiger partial charge on any atom is 0.0620 e. The summed E-state index contributed by atoms with van der Waals surface area (Å²) in [6.45, 7) is 2.17. The van der Waals surface area contributed by atoms with E-state index in [1.54, 1.807) is 0 Å². The van der Waals surface area contributed by atoms with Crippen molar-refractivity contribution in [1.29, 1.82) is 0 Å². The lowest BCUT2D eigenvalue weighted by atomic mass is 9.97. The summed E-state index contributed by atoms with van der Waals surface area (Å²) in [7, 11) is 0. The molecule has 0 radical (unpaired) electrons. The van der Waals surface area contributed by atoms with Gasteiger partial charge in [-0.2, -0.15) is 0 Å². The molecule has 1 heteroatoms. The average Bonchev–Trinajstić information content (AvgIpc) is 3.36. The summed E-state index contributed by atoms with van der Waals surface area (Å²) < 4.78 is 2.49. The van der Waals surface area contributed by atoms with Crippen molar-refractivity contribution in [3.8, 4) is 11.1 Å². The Bertz CT molecular complexity index is 1950. The summed E-state index contributed by atoms with van der Waals surface area (Å²) in [6.07, 6.45) is 0. The summed E-state index contributed by atoms with van der Waals surface area (Å²) in [4.78, 5) is 0. The van der Waals surface area contributed by atoms with E-state index in [9.17, 15) is 0 Å². The van der Waals surface area contributed by atoms with E-state index in [2.05, 4.69) is 121 Å². The molecule has 158 valence electrons. The van der Waals surface area contributed by atoms with Gasteiger partial charge in [-0.05, 0) is 76.0 Å². The van der Waals surface area contributed by atoms with Crippen molar-refractivity contribution in [3.05, 3.63) is 115 Å². The molecule has 34 heavy (non-hydrogen) atoms. The van der Waals surface area contributed by atoms with Crippen LogP contribution < -0.4 is 0 Å². The first-order chi connectivity index (χ1) is 16.7. The van der Waals surface area contributed by atoms with Crippen LogP contribution in [0.25, 0.3) is 70.8 Å². The molecular formula is C33H21N. The summed E-state index contributed by atoms with van der Waals surface area (Å²) in [6, 6.07) is 40.5. The molecule has 0 fully saturated rings. The maximum absolute atomic E-state index is 2.49. The molecule has 0 bridgehead atoms. The fraction of sp³-hybridized carbons (Fsp3) is 0.0303. The van der Waals surface area contributed by atoms with E-state index in [1.807, 2.05) is 0 Å². The smallest absolute Gasteiger partial charge is 0.0620 e. The molecule has 0 aliphatic heterocycles. The first-order valence-electron chi connectivity index (χ1n) is 11.9. The lowest BCUT2D eigenvalue weighted by Gasteiger charge is -2.06. The fourth-order valence-electron chi connectivity index (χ4n) is 5.91. The number of aryl methyl sites for hydroxylation is 1. The number of benzene rings is 6. The minimum Gasteiger partial charge on any atom is -0.308 e. The van der Waals surface area contributed by atoms with Crippen LogP contribution in [0.5, 0.6) is 0 Å². The summed E-state index contributed by atoms with van der Waals surface area (Å²) in [5.41, 5.74) is 7.73. The van der Waals surface area contributed by atoms with Crippen molar-refractivity contribution in [2.45, 2.75) is 6.92 Å². The largest absolute Gasteiger partial charge is 0.308 e. The summed E-state index contributed by atoms with van der Waals surface area (Å²) in [5.74, 6) is 0. The number of hydrogen-bond donors (Lipinski definition) is 0. The van der Waals surface area contributed by atoms with Gasteiger partial charge in [0.05, 0.1) is 16.6 Å². The van der Waals surface area contributed by atoms with Crippen LogP contribution in [0.1, 0.15) is 5.56 Å². The van der Waals surface area contributed by atoms with Crippen molar-refractivity contribution >= 4 is 59.6 Å². The van der Waals surface area contributed by atoms with E-state index in [-0.39, 0.29) is 0 Å². The molecule has 6 aromatic carbocycles. The molecule has 0 saturated carbocycles. The molecule has 8 aromatic rings. The monoisotopic (exact) mass is 431 g/mol. The van der Waals surface area contributed by atoms with E-state index in [0.717, 1.165) is 0 Å². The van der Waals surface area contributed by atoms with Crippen LogP contribution in [0.3, 0.4) is 0 Å². The van der Waals surface area contributed by atoms with Gasteiger partial charge in [-0.3, -0.25) is 0 Å². The molecule has 0 atom stereocenters. The van der Waals surface area contributed by atoms with Crippen LogP contribution >= 0.6 is 0 Å². The molecule has 1 nitrogen and oxygen atoms in total. The van der Waals surface area contributed by atoms with Gasteiger partial charge in [-0.1, -0.05) is 78.4 Å². The van der Waals surface area contributed by atoms with E-state index in [0.29, 0.717) is 0 Å². The Balaban J connectivity index is 1.64. The Morgan fingerprint density at radius 2 is 0.971 bits per heavy atom. The van der Waals surface area contributed by atoms with Crippen molar-refractivity contribution in [3.63, 3.8) is 0 Å². The highest BCUT2D eigenvalue weighted by molar-refractivity contribution is 6.26. The van der Waals surface area contributed by atoms with Crippen LogP contribution in [0.2, 0.25) is 0 Å². The first kappa shape index (κ1) is 18.1. The van der Waals surface area contributed by atoms with Gasteiger partial charge in [0.15, 0.2) is 0 Å². The quantitative estimate of drug-likeness (QED) is 0.244. The molecule has 0 aliphatic rings. The first-order valence-corrected chi connectivity index (χ1v) is 11.9. The highest BCUT2D eigenvalue weighted by atomic mass is 14.9. The number of aromatic nitrogens is 1. The highest BCUT2D eigenvalue weighted by Gasteiger charge is 2.20. The van der Waals surface area contributed by atoms with Gasteiger partial charge in [0.2, 0.25) is 0 Å². The zero-order valence-corrected chi connectivity index (χ0v) is 18.8. The number of rotatable bonds is 1. The van der Waals surface area contributed by atoms with Gasteiger partial charge in [0.1, 0.15) is 0 Å². The Morgan fingerprint density at radius 1 is 0.441 bits per heavy atom. The van der Waals surface area contributed by atoms with Crippen LogP contribution in [-0.4, -0.2) is 4.40 Å². The Hall–Kier alpha value is -4.36. The van der Waals surface area contributed by atoms with E-state index < -0.39 is 0 Å². The molecule has 2 heterocycles. The zero-order chi connectivity index (χ0) is 22.4. The molecule has 8 rings (SSSR count). The Morgan fingerprint density at radius 3 is 1.50 bits per heavy atom. The molecule has 0 N–H and O–H groups in total. The number of fused-ring (bicyclic) bond motifs is 8. The standard InChI is InChI=1S/C33H21N/c1-20-7-6-12-21(13-20)26-16-29-27-14-22-8-2-4-10-24(22)18-31(27)34-32-19-25-11-5-3-9-23(25)15-28(32)30(17-26)33(29)34/h2-19H,1H3. The number of nitrogens with zero attached hydrogens (tertiary/aromatic N) is 1. The SMILES string of the molecule is Cc1cccc(-c2cc3c4cc5ccccc5cc4n4c5cc6ccccc6cc5c(c2)c34)c1. The lowest BCUT2D eigenvalue weighted by Crippen LogP contribution is -1.82. The van der Waals surface area contributed by atoms with Gasteiger partial charge in [-0.15, -0.1) is 0 Å². The van der Waals surface area contributed by atoms with E-state index in [1.165, 1.54) is 76.3 Å². The van der Waals surface area contributed by atoms with Gasteiger partial charge >= 0.3 is 0 Å².